The first-order valence-corrected chi connectivity index (χ1v) is 7.54. The molecule has 0 amide bonds. The molecule has 0 radical (unpaired) electrons. The second-order valence-electron chi connectivity index (χ2n) is 5.30. The van der Waals surface area contributed by atoms with Crippen molar-refractivity contribution < 1.29 is 18.3 Å². The molecule has 1 fully saturated rings. The van der Waals surface area contributed by atoms with Gasteiger partial charge in [-0.1, -0.05) is 12.1 Å². The summed E-state index contributed by atoms with van der Waals surface area (Å²) in [6.45, 7) is 4.43. The highest BCUT2D eigenvalue weighted by Gasteiger charge is 2.26. The summed E-state index contributed by atoms with van der Waals surface area (Å²) in [4.78, 5) is 0. The molecule has 0 saturated heterocycles. The first-order chi connectivity index (χ1) is 10.2. The van der Waals surface area contributed by atoms with Crippen molar-refractivity contribution in [3.63, 3.8) is 0 Å². The zero-order chi connectivity index (χ0) is 15.2. The lowest BCUT2D eigenvalue weighted by Crippen LogP contribution is -2.21. The van der Waals surface area contributed by atoms with Gasteiger partial charge >= 0.3 is 0 Å². The van der Waals surface area contributed by atoms with Gasteiger partial charge in [-0.2, -0.15) is 4.39 Å². The summed E-state index contributed by atoms with van der Waals surface area (Å²) in [5.41, 5.74) is 0.454. The topological polar surface area (TPSA) is 18.5 Å². The van der Waals surface area contributed by atoms with Gasteiger partial charge in [-0.25, -0.2) is 4.39 Å². The zero-order valence-corrected chi connectivity index (χ0v) is 12.6. The number of ether oxygens (including phenoxy) is 2. The molecule has 1 aliphatic rings. The largest absolute Gasteiger partial charge is 0.462 e. The molecule has 1 aromatic carbocycles. The molecule has 1 aliphatic carbocycles. The van der Waals surface area contributed by atoms with Crippen LogP contribution in [-0.2, 0) is 4.74 Å². The van der Waals surface area contributed by atoms with Crippen LogP contribution >= 0.6 is 0 Å². The average molecular weight is 296 g/mol. The second kappa shape index (κ2) is 7.55. The Hall–Kier alpha value is -1.42. The van der Waals surface area contributed by atoms with E-state index >= 15 is 0 Å². The number of halogens is 2. The van der Waals surface area contributed by atoms with Gasteiger partial charge < -0.3 is 9.47 Å². The maximum atomic E-state index is 14.2. The van der Waals surface area contributed by atoms with Crippen LogP contribution in [-0.4, -0.2) is 12.7 Å². The lowest BCUT2D eigenvalue weighted by atomic mass is 9.82. The number of benzene rings is 1. The van der Waals surface area contributed by atoms with Crippen molar-refractivity contribution in [2.24, 2.45) is 0 Å². The number of rotatable bonds is 5. The average Bonchev–Trinajstić information content (AvgIpc) is 2.50. The van der Waals surface area contributed by atoms with E-state index in [1.807, 2.05) is 6.92 Å². The van der Waals surface area contributed by atoms with E-state index < -0.39 is 11.6 Å². The molecule has 0 aromatic heterocycles. The molecule has 4 heteroatoms. The van der Waals surface area contributed by atoms with Crippen molar-refractivity contribution in [3.8, 4) is 5.75 Å². The van der Waals surface area contributed by atoms with Gasteiger partial charge in [0.2, 0.25) is 5.82 Å². The van der Waals surface area contributed by atoms with Crippen LogP contribution in [0.2, 0.25) is 0 Å². The summed E-state index contributed by atoms with van der Waals surface area (Å²) in [7, 11) is 0. The number of allylic oxidation sites excluding steroid dienone is 1. The molecule has 2 nitrogen and oxygen atoms in total. The van der Waals surface area contributed by atoms with Gasteiger partial charge in [-0.3, -0.25) is 0 Å². The molecule has 0 unspecified atom stereocenters. The molecular weight excluding hydrogens is 274 g/mol. The number of hydrogen-bond acceptors (Lipinski definition) is 2. The molecule has 116 valence electrons. The molecule has 1 saturated carbocycles. The maximum absolute atomic E-state index is 14.2. The normalized spacial score (nSPS) is 22.7. The minimum Gasteiger partial charge on any atom is -0.462 e. The highest BCUT2D eigenvalue weighted by Crippen LogP contribution is 2.37. The third kappa shape index (κ3) is 3.82. The summed E-state index contributed by atoms with van der Waals surface area (Å²) in [5.74, 6) is -1.70. The van der Waals surface area contributed by atoms with Gasteiger partial charge in [-0.05, 0) is 57.1 Å². The Bertz CT molecular complexity index is 492. The standard InChI is InChI=1S/C17H22F2O2/c1-3-11-21-15-10-9-14(16(18)17(15)19)12-5-7-13(8-6-12)20-4-2/h3,9-13H,4-8H2,1-2H3. The van der Waals surface area contributed by atoms with E-state index in [1.54, 1.807) is 19.1 Å². The van der Waals surface area contributed by atoms with E-state index in [0.717, 1.165) is 25.7 Å². The van der Waals surface area contributed by atoms with Gasteiger partial charge in [0.05, 0.1) is 12.4 Å². The van der Waals surface area contributed by atoms with E-state index in [0.29, 0.717) is 12.2 Å². The fourth-order valence-corrected chi connectivity index (χ4v) is 2.87. The van der Waals surface area contributed by atoms with Gasteiger partial charge in [0.15, 0.2) is 11.6 Å². The first kappa shape index (κ1) is 16.0. The van der Waals surface area contributed by atoms with Crippen LogP contribution in [0.5, 0.6) is 5.75 Å². The summed E-state index contributed by atoms with van der Waals surface area (Å²) in [6.07, 6.45) is 6.68. The molecule has 0 atom stereocenters. The van der Waals surface area contributed by atoms with Crippen molar-refractivity contribution >= 4 is 0 Å². The predicted molar refractivity (Wildman–Crippen MR) is 78.4 cm³/mol. The quantitative estimate of drug-likeness (QED) is 0.716. The molecule has 1 aromatic rings. The molecule has 21 heavy (non-hydrogen) atoms. The molecule has 2 rings (SSSR count). The third-order valence-electron chi connectivity index (χ3n) is 3.92. The Morgan fingerprint density at radius 3 is 2.48 bits per heavy atom. The van der Waals surface area contributed by atoms with Crippen LogP contribution in [0.3, 0.4) is 0 Å². The maximum Gasteiger partial charge on any atom is 0.201 e. The van der Waals surface area contributed by atoms with E-state index in [2.05, 4.69) is 0 Å². The van der Waals surface area contributed by atoms with Gasteiger partial charge in [-0.15, -0.1) is 0 Å². The van der Waals surface area contributed by atoms with Gasteiger partial charge in [0.1, 0.15) is 0 Å². The van der Waals surface area contributed by atoms with E-state index in [1.165, 1.54) is 12.3 Å². The highest BCUT2D eigenvalue weighted by molar-refractivity contribution is 5.33. The van der Waals surface area contributed by atoms with E-state index in [-0.39, 0.29) is 17.8 Å². The zero-order valence-electron chi connectivity index (χ0n) is 12.6. The summed E-state index contributed by atoms with van der Waals surface area (Å²) in [5, 5.41) is 0. The summed E-state index contributed by atoms with van der Waals surface area (Å²) >= 11 is 0. The summed E-state index contributed by atoms with van der Waals surface area (Å²) < 4.78 is 38.8. The SMILES string of the molecule is CC=COc1ccc(C2CCC(OCC)CC2)c(F)c1F. The number of hydrogen-bond donors (Lipinski definition) is 0. The lowest BCUT2D eigenvalue weighted by molar-refractivity contribution is 0.0325. The summed E-state index contributed by atoms with van der Waals surface area (Å²) in [6, 6.07) is 3.14. The van der Waals surface area contributed by atoms with Crippen molar-refractivity contribution in [2.75, 3.05) is 6.61 Å². The lowest BCUT2D eigenvalue weighted by Gasteiger charge is -2.28. The van der Waals surface area contributed by atoms with Crippen LogP contribution < -0.4 is 4.74 Å². The smallest absolute Gasteiger partial charge is 0.201 e. The Labute approximate surface area is 124 Å². The van der Waals surface area contributed by atoms with Crippen LogP contribution in [0, 0.1) is 11.6 Å². The second-order valence-corrected chi connectivity index (χ2v) is 5.30. The Morgan fingerprint density at radius 1 is 1.14 bits per heavy atom. The first-order valence-electron chi connectivity index (χ1n) is 7.54. The molecular formula is C17H22F2O2. The van der Waals surface area contributed by atoms with Crippen molar-refractivity contribution in [3.05, 3.63) is 41.7 Å². The fraction of sp³-hybridized carbons (Fsp3) is 0.529. The van der Waals surface area contributed by atoms with Crippen LogP contribution in [0.4, 0.5) is 8.78 Å². The molecule has 0 heterocycles. The fourth-order valence-electron chi connectivity index (χ4n) is 2.87. The van der Waals surface area contributed by atoms with Crippen molar-refractivity contribution in [1.29, 1.82) is 0 Å². The Kier molecular flexibility index (Phi) is 5.74. The van der Waals surface area contributed by atoms with E-state index in [4.69, 9.17) is 9.47 Å². The van der Waals surface area contributed by atoms with Crippen LogP contribution in [0.1, 0.15) is 51.0 Å². The van der Waals surface area contributed by atoms with Crippen molar-refractivity contribution in [2.45, 2.75) is 51.6 Å². The molecule has 0 bridgehead atoms. The minimum atomic E-state index is -0.905. The highest BCUT2D eigenvalue weighted by atomic mass is 19.2. The van der Waals surface area contributed by atoms with Crippen LogP contribution in [0.25, 0.3) is 0 Å². The third-order valence-corrected chi connectivity index (χ3v) is 3.92. The van der Waals surface area contributed by atoms with Gasteiger partial charge in [0, 0.05) is 6.61 Å². The predicted octanol–water partition coefficient (Wildman–Crippen LogP) is 4.94. The minimum absolute atomic E-state index is 0.0620. The molecule has 0 spiro atoms. The Balaban J connectivity index is 2.09. The molecule has 0 aliphatic heterocycles. The van der Waals surface area contributed by atoms with E-state index in [9.17, 15) is 8.78 Å². The van der Waals surface area contributed by atoms with Crippen LogP contribution in [0.15, 0.2) is 24.5 Å². The monoisotopic (exact) mass is 296 g/mol. The van der Waals surface area contributed by atoms with Crippen molar-refractivity contribution in [1.82, 2.24) is 0 Å². The molecule has 0 N–H and O–H groups in total. The Morgan fingerprint density at radius 2 is 1.86 bits per heavy atom. The van der Waals surface area contributed by atoms with Gasteiger partial charge in [0.25, 0.3) is 0 Å².